The molecule has 7 heteroatoms. The van der Waals surface area contributed by atoms with Gasteiger partial charge in [-0.2, -0.15) is 0 Å². The predicted molar refractivity (Wildman–Crippen MR) is 93.3 cm³/mol. The van der Waals surface area contributed by atoms with E-state index < -0.39 is 29.4 Å². The lowest BCUT2D eigenvalue weighted by Gasteiger charge is -2.31. The number of carbonyl (C=O) groups excluding carboxylic acids is 3. The minimum atomic E-state index is -1.23. The van der Waals surface area contributed by atoms with Crippen molar-refractivity contribution >= 4 is 17.8 Å². The summed E-state index contributed by atoms with van der Waals surface area (Å²) in [6.45, 7) is 3.86. The number of likely N-dealkylation sites (tertiary alicyclic amines) is 1. The van der Waals surface area contributed by atoms with Crippen LogP contribution in [0.5, 0.6) is 5.75 Å². The summed E-state index contributed by atoms with van der Waals surface area (Å²) < 4.78 is 10.5. The number of para-hydroxylation sites is 1. The van der Waals surface area contributed by atoms with Crippen molar-refractivity contribution in [2.75, 3.05) is 20.8 Å². The van der Waals surface area contributed by atoms with Crippen LogP contribution in [0.15, 0.2) is 24.3 Å². The molecule has 140 valence electrons. The van der Waals surface area contributed by atoms with Crippen LogP contribution in [0, 0.1) is 11.8 Å². The highest BCUT2D eigenvalue weighted by molar-refractivity contribution is 6.09. The highest BCUT2D eigenvalue weighted by atomic mass is 16.5. The Labute approximate surface area is 152 Å². The largest absolute Gasteiger partial charge is 0.496 e. The number of benzene rings is 1. The first-order valence-corrected chi connectivity index (χ1v) is 8.81. The van der Waals surface area contributed by atoms with Gasteiger partial charge in [-0.1, -0.05) is 25.1 Å². The van der Waals surface area contributed by atoms with Crippen molar-refractivity contribution in [3.8, 4) is 5.75 Å². The average Bonchev–Trinajstić information content (AvgIpc) is 3.15. The minimum absolute atomic E-state index is 0.259. The van der Waals surface area contributed by atoms with Crippen LogP contribution in [0.1, 0.15) is 31.9 Å². The van der Waals surface area contributed by atoms with Gasteiger partial charge in [0.25, 0.3) is 0 Å². The van der Waals surface area contributed by atoms with Crippen LogP contribution in [-0.2, 0) is 19.1 Å². The zero-order valence-corrected chi connectivity index (χ0v) is 15.4. The summed E-state index contributed by atoms with van der Waals surface area (Å²) >= 11 is 0. The van der Waals surface area contributed by atoms with Gasteiger partial charge in [-0.25, -0.2) is 0 Å². The average molecular weight is 360 g/mol. The van der Waals surface area contributed by atoms with Crippen LogP contribution >= 0.6 is 0 Å². The molecule has 0 aliphatic carbocycles. The van der Waals surface area contributed by atoms with Gasteiger partial charge in [0.2, 0.25) is 11.8 Å². The Balaban J connectivity index is 2.17. The summed E-state index contributed by atoms with van der Waals surface area (Å²) in [6.07, 6.45) is 0.336. The maximum Gasteiger partial charge on any atom is 0.326 e. The second-order valence-electron chi connectivity index (χ2n) is 6.60. The lowest BCUT2D eigenvalue weighted by Crippen LogP contribution is -2.55. The lowest BCUT2D eigenvalue weighted by atomic mass is 9.78. The van der Waals surface area contributed by atoms with Gasteiger partial charge in [-0.3, -0.25) is 24.6 Å². The van der Waals surface area contributed by atoms with Gasteiger partial charge in [0.05, 0.1) is 26.1 Å². The summed E-state index contributed by atoms with van der Waals surface area (Å²) in [5.74, 6) is -1.95. The number of hydrogen-bond acceptors (Lipinski definition) is 6. The molecular weight excluding hydrogens is 336 g/mol. The van der Waals surface area contributed by atoms with Gasteiger partial charge in [0.15, 0.2) is 0 Å². The van der Waals surface area contributed by atoms with E-state index in [0.29, 0.717) is 12.2 Å². The number of rotatable bonds is 5. The molecule has 2 aliphatic rings. The van der Waals surface area contributed by atoms with Crippen LogP contribution < -0.4 is 10.1 Å². The normalized spacial score (nSPS) is 30.5. The first-order valence-electron chi connectivity index (χ1n) is 8.81. The van der Waals surface area contributed by atoms with E-state index in [4.69, 9.17) is 9.47 Å². The summed E-state index contributed by atoms with van der Waals surface area (Å²) in [6, 6.07) is 6.82. The van der Waals surface area contributed by atoms with Crippen molar-refractivity contribution < 1.29 is 23.9 Å². The predicted octanol–water partition coefficient (Wildman–Crippen LogP) is 1.28. The standard InChI is InChI=1S/C19H24N2O5/c1-5-19(18(24)26-4)14-13(16(22)21(6-2)17(14)23)15(20-19)11-9-7-8-10-12(11)25-3/h7-10,13-15,20H,5-6H2,1-4H3/t13-,14-,15-,19-/m0/s1. The highest BCUT2D eigenvalue weighted by Gasteiger charge is 2.68. The van der Waals surface area contributed by atoms with E-state index in [1.54, 1.807) is 20.1 Å². The smallest absolute Gasteiger partial charge is 0.326 e. The van der Waals surface area contributed by atoms with Crippen LogP contribution in [0.2, 0.25) is 0 Å². The molecule has 0 bridgehead atoms. The highest BCUT2D eigenvalue weighted by Crippen LogP contribution is 2.51. The maximum absolute atomic E-state index is 13.0. The molecule has 2 aliphatic heterocycles. The van der Waals surface area contributed by atoms with E-state index >= 15 is 0 Å². The Bertz CT molecular complexity index is 749. The molecule has 2 fully saturated rings. The molecule has 7 nitrogen and oxygen atoms in total. The van der Waals surface area contributed by atoms with E-state index in [9.17, 15) is 14.4 Å². The number of methoxy groups -OCH3 is 2. The van der Waals surface area contributed by atoms with Crippen molar-refractivity contribution in [1.82, 2.24) is 10.2 Å². The molecule has 26 heavy (non-hydrogen) atoms. The van der Waals surface area contributed by atoms with Gasteiger partial charge in [0, 0.05) is 18.2 Å². The van der Waals surface area contributed by atoms with Gasteiger partial charge < -0.3 is 9.47 Å². The van der Waals surface area contributed by atoms with Crippen molar-refractivity contribution in [3.05, 3.63) is 29.8 Å². The first-order chi connectivity index (χ1) is 12.5. The van der Waals surface area contributed by atoms with Crippen molar-refractivity contribution in [2.45, 2.75) is 31.8 Å². The summed E-state index contributed by atoms with van der Waals surface area (Å²) in [5.41, 5.74) is -0.481. The molecule has 1 aromatic carbocycles. The molecular formula is C19H24N2O5. The number of nitrogens with one attached hydrogen (secondary N) is 1. The number of ether oxygens (including phenoxy) is 2. The fourth-order valence-corrected chi connectivity index (χ4v) is 4.40. The van der Waals surface area contributed by atoms with E-state index in [1.807, 2.05) is 25.1 Å². The van der Waals surface area contributed by atoms with Crippen LogP contribution in [0.25, 0.3) is 0 Å². The van der Waals surface area contributed by atoms with Crippen molar-refractivity contribution in [1.29, 1.82) is 0 Å². The van der Waals surface area contributed by atoms with Crippen LogP contribution in [0.3, 0.4) is 0 Å². The van der Waals surface area contributed by atoms with Crippen LogP contribution in [-0.4, -0.2) is 49.0 Å². The van der Waals surface area contributed by atoms with Gasteiger partial charge >= 0.3 is 5.97 Å². The number of nitrogens with zero attached hydrogens (tertiary/aromatic N) is 1. The summed E-state index contributed by atoms with van der Waals surface area (Å²) in [4.78, 5) is 39.9. The Kier molecular flexibility index (Phi) is 4.75. The third kappa shape index (κ3) is 2.34. The molecule has 2 amide bonds. The van der Waals surface area contributed by atoms with Crippen molar-refractivity contribution in [2.24, 2.45) is 11.8 Å². The number of esters is 1. The van der Waals surface area contributed by atoms with E-state index in [2.05, 4.69) is 5.32 Å². The Morgan fingerprint density at radius 2 is 1.88 bits per heavy atom. The maximum atomic E-state index is 13.0. The summed E-state index contributed by atoms with van der Waals surface area (Å²) in [7, 11) is 2.85. The van der Waals surface area contributed by atoms with Gasteiger partial charge in [0.1, 0.15) is 11.3 Å². The molecule has 0 spiro atoms. The van der Waals surface area contributed by atoms with Crippen molar-refractivity contribution in [3.63, 3.8) is 0 Å². The quantitative estimate of drug-likeness (QED) is 0.629. The second-order valence-corrected chi connectivity index (χ2v) is 6.60. The molecule has 2 saturated heterocycles. The van der Waals surface area contributed by atoms with E-state index in [0.717, 1.165) is 5.56 Å². The minimum Gasteiger partial charge on any atom is -0.496 e. The Morgan fingerprint density at radius 3 is 2.46 bits per heavy atom. The van der Waals surface area contributed by atoms with E-state index in [-0.39, 0.29) is 18.4 Å². The van der Waals surface area contributed by atoms with Gasteiger partial charge in [-0.15, -0.1) is 0 Å². The molecule has 3 rings (SSSR count). The molecule has 2 heterocycles. The SMILES string of the molecule is CCN1C(=O)[C@H]2[C@@H](C1=O)[C@@](CC)(C(=O)OC)N[C@H]2c1ccccc1OC. The van der Waals surface area contributed by atoms with Gasteiger partial charge in [-0.05, 0) is 19.4 Å². The van der Waals surface area contributed by atoms with Crippen LogP contribution in [0.4, 0.5) is 0 Å². The van der Waals surface area contributed by atoms with E-state index in [1.165, 1.54) is 12.0 Å². The first kappa shape index (κ1) is 18.4. The number of carbonyl (C=O) groups is 3. The number of amides is 2. The third-order valence-electron chi connectivity index (χ3n) is 5.64. The monoisotopic (exact) mass is 360 g/mol. The topological polar surface area (TPSA) is 84.9 Å². The zero-order chi connectivity index (χ0) is 19.1. The molecule has 0 aromatic heterocycles. The fourth-order valence-electron chi connectivity index (χ4n) is 4.40. The molecule has 1 aromatic rings. The molecule has 0 saturated carbocycles. The Morgan fingerprint density at radius 1 is 1.19 bits per heavy atom. The molecule has 1 N–H and O–H groups in total. The lowest BCUT2D eigenvalue weighted by molar-refractivity contribution is -0.154. The molecule has 0 unspecified atom stereocenters. The number of fused-ring (bicyclic) bond motifs is 1. The Hall–Kier alpha value is -2.41. The number of hydrogen-bond donors (Lipinski definition) is 1. The summed E-state index contributed by atoms with van der Waals surface area (Å²) in [5, 5.41) is 3.28. The third-order valence-corrected chi connectivity index (χ3v) is 5.64. The second kappa shape index (κ2) is 6.72. The zero-order valence-electron chi connectivity index (χ0n) is 15.4. The molecule has 4 atom stereocenters. The fraction of sp³-hybridized carbons (Fsp3) is 0.526. The number of imide groups is 1. The molecule has 0 radical (unpaired) electrons.